The van der Waals surface area contributed by atoms with Crippen molar-refractivity contribution in [2.24, 2.45) is 0 Å². The van der Waals surface area contributed by atoms with Crippen LogP contribution in [0.3, 0.4) is 0 Å². The van der Waals surface area contributed by atoms with Crippen LogP contribution in [0, 0.1) is 0 Å². The maximum atomic E-state index is 5.64. The predicted molar refractivity (Wildman–Crippen MR) is 71.3 cm³/mol. The van der Waals surface area contributed by atoms with Gasteiger partial charge in [0.25, 0.3) is 0 Å². The molecule has 0 saturated carbocycles. The van der Waals surface area contributed by atoms with Gasteiger partial charge in [0, 0.05) is 6.54 Å². The van der Waals surface area contributed by atoms with Crippen LogP contribution in [0.15, 0.2) is 18.3 Å². The predicted octanol–water partition coefficient (Wildman–Crippen LogP) is 3.15. The molecule has 0 aliphatic rings. The van der Waals surface area contributed by atoms with Crippen LogP contribution in [0.2, 0.25) is 0 Å². The molecule has 0 amide bonds. The summed E-state index contributed by atoms with van der Waals surface area (Å²) in [6.07, 6.45) is 8.15. The lowest BCUT2D eigenvalue weighted by atomic mass is 10.2. The first-order chi connectivity index (χ1) is 8.36. The fourth-order valence-electron chi connectivity index (χ4n) is 1.68. The molecule has 0 unspecified atom stereocenters. The van der Waals surface area contributed by atoms with E-state index in [9.17, 15) is 0 Å². The van der Waals surface area contributed by atoms with Crippen molar-refractivity contribution in [3.8, 4) is 5.75 Å². The minimum atomic E-state index is 0.802. The summed E-state index contributed by atoms with van der Waals surface area (Å²) in [5.74, 6) is 0.875. The summed E-state index contributed by atoms with van der Waals surface area (Å²) < 4.78 is 5.64. The zero-order valence-electron chi connectivity index (χ0n) is 11.0. The summed E-state index contributed by atoms with van der Waals surface area (Å²) in [7, 11) is 1.92. The van der Waals surface area contributed by atoms with Crippen molar-refractivity contribution >= 4 is 0 Å². The molecule has 0 bridgehead atoms. The van der Waals surface area contributed by atoms with Crippen LogP contribution in [0.4, 0.5) is 0 Å². The Morgan fingerprint density at radius 1 is 1.18 bits per heavy atom. The molecular formula is C14H24N2O. The van der Waals surface area contributed by atoms with Gasteiger partial charge in [-0.3, -0.25) is 4.98 Å². The van der Waals surface area contributed by atoms with Gasteiger partial charge in [-0.2, -0.15) is 0 Å². The molecule has 0 spiro atoms. The van der Waals surface area contributed by atoms with Crippen LogP contribution in [-0.2, 0) is 6.54 Å². The van der Waals surface area contributed by atoms with E-state index in [1.54, 1.807) is 6.20 Å². The first-order valence-corrected chi connectivity index (χ1v) is 6.59. The first kappa shape index (κ1) is 14.0. The molecule has 1 N–H and O–H groups in total. The largest absolute Gasteiger partial charge is 0.492 e. The molecule has 0 atom stereocenters. The molecule has 96 valence electrons. The Morgan fingerprint density at radius 3 is 2.65 bits per heavy atom. The summed E-state index contributed by atoms with van der Waals surface area (Å²) in [5, 5.41) is 3.07. The number of aromatic nitrogens is 1. The third-order valence-corrected chi connectivity index (χ3v) is 2.67. The summed E-state index contributed by atoms with van der Waals surface area (Å²) in [5.41, 5.74) is 1.04. The molecule has 3 heteroatoms. The number of hydrogen-bond donors (Lipinski definition) is 1. The number of rotatable bonds is 9. The summed E-state index contributed by atoms with van der Waals surface area (Å²) in [6, 6.07) is 3.99. The highest BCUT2D eigenvalue weighted by atomic mass is 16.5. The molecule has 3 nitrogen and oxygen atoms in total. The highest BCUT2D eigenvalue weighted by Gasteiger charge is 1.96. The Hall–Kier alpha value is -1.09. The van der Waals surface area contributed by atoms with Gasteiger partial charge < -0.3 is 10.1 Å². The van der Waals surface area contributed by atoms with Crippen LogP contribution < -0.4 is 10.1 Å². The van der Waals surface area contributed by atoms with Gasteiger partial charge in [-0.25, -0.2) is 0 Å². The van der Waals surface area contributed by atoms with E-state index in [-0.39, 0.29) is 0 Å². The number of hydrogen-bond acceptors (Lipinski definition) is 3. The van der Waals surface area contributed by atoms with Gasteiger partial charge in [0.05, 0.1) is 18.5 Å². The van der Waals surface area contributed by atoms with Gasteiger partial charge in [-0.05, 0) is 25.6 Å². The Balaban J connectivity index is 2.14. The number of ether oxygens (including phenoxy) is 1. The number of nitrogens with one attached hydrogen (secondary N) is 1. The first-order valence-electron chi connectivity index (χ1n) is 6.59. The fourth-order valence-corrected chi connectivity index (χ4v) is 1.68. The normalized spacial score (nSPS) is 10.5. The van der Waals surface area contributed by atoms with Crippen LogP contribution in [0.5, 0.6) is 5.75 Å². The van der Waals surface area contributed by atoms with Crippen molar-refractivity contribution in [3.05, 3.63) is 24.0 Å². The van der Waals surface area contributed by atoms with Crippen molar-refractivity contribution in [3.63, 3.8) is 0 Å². The van der Waals surface area contributed by atoms with Crippen molar-refractivity contribution in [1.29, 1.82) is 0 Å². The minimum absolute atomic E-state index is 0.802. The number of unbranched alkanes of at least 4 members (excludes halogenated alkanes) is 4. The monoisotopic (exact) mass is 236 g/mol. The molecular weight excluding hydrogens is 212 g/mol. The van der Waals surface area contributed by atoms with Crippen LogP contribution >= 0.6 is 0 Å². The second-order valence-electron chi connectivity index (χ2n) is 4.28. The molecule has 1 aromatic rings. The van der Waals surface area contributed by atoms with Gasteiger partial charge in [-0.1, -0.05) is 32.6 Å². The van der Waals surface area contributed by atoms with Gasteiger partial charge in [-0.15, -0.1) is 0 Å². The van der Waals surface area contributed by atoms with Crippen molar-refractivity contribution < 1.29 is 4.74 Å². The molecule has 1 aromatic heterocycles. The third kappa shape index (κ3) is 6.27. The van der Waals surface area contributed by atoms with E-state index in [4.69, 9.17) is 4.74 Å². The molecule has 0 aromatic carbocycles. The lowest BCUT2D eigenvalue weighted by molar-refractivity contribution is 0.303. The Labute approximate surface area is 105 Å². The molecule has 0 aliphatic heterocycles. The summed E-state index contributed by atoms with van der Waals surface area (Å²) >= 11 is 0. The van der Waals surface area contributed by atoms with E-state index in [2.05, 4.69) is 17.2 Å². The molecule has 0 saturated heterocycles. The van der Waals surface area contributed by atoms with Gasteiger partial charge in [0.15, 0.2) is 0 Å². The second kappa shape index (κ2) is 8.99. The van der Waals surface area contributed by atoms with Gasteiger partial charge in [0.2, 0.25) is 0 Å². The Bertz CT molecular complexity index is 285. The summed E-state index contributed by atoms with van der Waals surface area (Å²) in [6.45, 7) is 3.84. The van der Waals surface area contributed by atoms with Crippen molar-refractivity contribution in [1.82, 2.24) is 10.3 Å². The van der Waals surface area contributed by atoms with Crippen LogP contribution in [0.1, 0.15) is 44.7 Å². The molecule has 1 heterocycles. The molecule has 0 radical (unpaired) electrons. The maximum absolute atomic E-state index is 5.64. The minimum Gasteiger partial charge on any atom is -0.492 e. The molecule has 17 heavy (non-hydrogen) atoms. The van der Waals surface area contributed by atoms with Crippen molar-refractivity contribution in [2.45, 2.75) is 45.6 Å². The van der Waals surface area contributed by atoms with E-state index < -0.39 is 0 Å². The highest BCUT2D eigenvalue weighted by molar-refractivity contribution is 5.19. The van der Waals surface area contributed by atoms with E-state index in [0.717, 1.165) is 31.0 Å². The van der Waals surface area contributed by atoms with E-state index in [0.29, 0.717) is 0 Å². The lowest BCUT2D eigenvalue weighted by Gasteiger charge is -2.06. The summed E-state index contributed by atoms with van der Waals surface area (Å²) in [4.78, 5) is 4.31. The average molecular weight is 236 g/mol. The van der Waals surface area contributed by atoms with E-state index in [1.807, 2.05) is 19.2 Å². The number of pyridine rings is 1. The Kier molecular flexibility index (Phi) is 7.39. The van der Waals surface area contributed by atoms with Gasteiger partial charge >= 0.3 is 0 Å². The third-order valence-electron chi connectivity index (χ3n) is 2.67. The highest BCUT2D eigenvalue weighted by Crippen LogP contribution is 2.10. The fraction of sp³-hybridized carbons (Fsp3) is 0.643. The SMILES string of the molecule is CCCCCCCOc1ccc(CNC)nc1. The smallest absolute Gasteiger partial charge is 0.137 e. The Morgan fingerprint density at radius 2 is 2.00 bits per heavy atom. The standard InChI is InChI=1S/C14H24N2O/c1-3-4-5-6-7-10-17-14-9-8-13(11-15-2)16-12-14/h8-9,12,15H,3-7,10-11H2,1-2H3. The quantitative estimate of drug-likeness (QED) is 0.669. The zero-order chi connectivity index (χ0) is 12.3. The molecule has 0 fully saturated rings. The number of nitrogens with zero attached hydrogens (tertiary/aromatic N) is 1. The van der Waals surface area contributed by atoms with E-state index >= 15 is 0 Å². The van der Waals surface area contributed by atoms with Gasteiger partial charge in [0.1, 0.15) is 5.75 Å². The topological polar surface area (TPSA) is 34.1 Å². The molecule has 0 aliphatic carbocycles. The van der Waals surface area contributed by atoms with Crippen LogP contribution in [0.25, 0.3) is 0 Å². The lowest BCUT2D eigenvalue weighted by Crippen LogP contribution is -2.06. The zero-order valence-corrected chi connectivity index (χ0v) is 11.0. The maximum Gasteiger partial charge on any atom is 0.137 e. The van der Waals surface area contributed by atoms with Crippen LogP contribution in [-0.4, -0.2) is 18.6 Å². The average Bonchev–Trinajstić information content (AvgIpc) is 2.36. The van der Waals surface area contributed by atoms with E-state index in [1.165, 1.54) is 25.7 Å². The molecule has 1 rings (SSSR count). The van der Waals surface area contributed by atoms with Crippen molar-refractivity contribution in [2.75, 3.05) is 13.7 Å². The second-order valence-corrected chi connectivity index (χ2v) is 4.28.